The SMILES string of the molecule is C[C@H]1CCC[NH+](CCCOc2cccc(C=O)c2)C1. The van der Waals surface area contributed by atoms with Crippen molar-refractivity contribution in [1.82, 2.24) is 0 Å². The third kappa shape index (κ3) is 4.67. The van der Waals surface area contributed by atoms with Crippen molar-refractivity contribution >= 4 is 6.29 Å². The molecule has 1 aliphatic heterocycles. The predicted molar refractivity (Wildman–Crippen MR) is 75.9 cm³/mol. The number of carbonyl (C=O) groups is 1. The molecule has 104 valence electrons. The van der Waals surface area contributed by atoms with Crippen LogP contribution in [0.4, 0.5) is 0 Å². The standard InChI is InChI=1S/C16H23NO2/c1-14-5-3-8-17(12-14)9-4-10-19-16-7-2-6-15(11-16)13-18/h2,6-7,11,13-14H,3-5,8-10,12H2,1H3/p+1/t14-/m0/s1. The molecule has 2 rings (SSSR count). The quantitative estimate of drug-likeness (QED) is 0.623. The molecular formula is C16H24NO2+. The number of piperidine rings is 1. The highest BCUT2D eigenvalue weighted by molar-refractivity contribution is 5.75. The van der Waals surface area contributed by atoms with Crippen LogP contribution in [0.1, 0.15) is 36.5 Å². The molecule has 1 aromatic carbocycles. The second-order valence-electron chi connectivity index (χ2n) is 5.59. The number of hydrogen-bond donors (Lipinski definition) is 1. The van der Waals surface area contributed by atoms with Gasteiger partial charge >= 0.3 is 0 Å². The summed E-state index contributed by atoms with van der Waals surface area (Å²) in [6.45, 7) is 6.89. The molecule has 3 nitrogen and oxygen atoms in total. The maximum Gasteiger partial charge on any atom is 0.150 e. The van der Waals surface area contributed by atoms with Gasteiger partial charge in [0, 0.05) is 17.9 Å². The van der Waals surface area contributed by atoms with Crippen LogP contribution in [0.3, 0.4) is 0 Å². The predicted octanol–water partition coefficient (Wildman–Crippen LogP) is 1.58. The number of aldehydes is 1. The number of hydrogen-bond acceptors (Lipinski definition) is 2. The monoisotopic (exact) mass is 262 g/mol. The van der Waals surface area contributed by atoms with E-state index in [-0.39, 0.29) is 0 Å². The second-order valence-corrected chi connectivity index (χ2v) is 5.59. The molecule has 0 aliphatic carbocycles. The third-order valence-corrected chi connectivity index (χ3v) is 3.80. The van der Waals surface area contributed by atoms with Gasteiger partial charge in [-0.15, -0.1) is 0 Å². The second kappa shape index (κ2) is 7.29. The third-order valence-electron chi connectivity index (χ3n) is 3.80. The van der Waals surface area contributed by atoms with Gasteiger partial charge in [-0.3, -0.25) is 4.79 Å². The van der Waals surface area contributed by atoms with E-state index >= 15 is 0 Å². The molecule has 2 atom stereocenters. The van der Waals surface area contributed by atoms with E-state index in [1.165, 1.54) is 32.5 Å². The Morgan fingerprint density at radius 3 is 3.16 bits per heavy atom. The first-order chi connectivity index (χ1) is 9.28. The van der Waals surface area contributed by atoms with Crippen molar-refractivity contribution in [3.8, 4) is 5.75 Å². The minimum atomic E-state index is 0.674. The van der Waals surface area contributed by atoms with Crippen molar-refractivity contribution in [1.29, 1.82) is 0 Å². The Hall–Kier alpha value is -1.35. The van der Waals surface area contributed by atoms with Crippen LogP contribution < -0.4 is 9.64 Å². The molecule has 1 aromatic rings. The number of carbonyl (C=O) groups excluding carboxylic acids is 1. The first kappa shape index (κ1) is 14.1. The van der Waals surface area contributed by atoms with Gasteiger partial charge in [0.15, 0.2) is 0 Å². The Balaban J connectivity index is 1.67. The van der Waals surface area contributed by atoms with Gasteiger partial charge in [0.2, 0.25) is 0 Å². The zero-order valence-corrected chi connectivity index (χ0v) is 11.7. The summed E-state index contributed by atoms with van der Waals surface area (Å²) in [5.41, 5.74) is 0.674. The Morgan fingerprint density at radius 2 is 2.37 bits per heavy atom. The molecule has 3 heteroatoms. The van der Waals surface area contributed by atoms with E-state index in [2.05, 4.69) is 6.92 Å². The largest absolute Gasteiger partial charge is 0.493 e. The maximum atomic E-state index is 10.7. The fraction of sp³-hybridized carbons (Fsp3) is 0.562. The molecule has 0 bridgehead atoms. The van der Waals surface area contributed by atoms with Crippen LogP contribution in [-0.2, 0) is 0 Å². The summed E-state index contributed by atoms with van der Waals surface area (Å²) >= 11 is 0. The molecule has 0 aromatic heterocycles. The Morgan fingerprint density at radius 1 is 1.47 bits per heavy atom. The molecule has 0 spiro atoms. The minimum absolute atomic E-state index is 0.674. The number of benzene rings is 1. The average molecular weight is 262 g/mol. The van der Waals surface area contributed by atoms with Gasteiger partial charge in [-0.25, -0.2) is 0 Å². The van der Waals surface area contributed by atoms with E-state index in [0.717, 1.165) is 31.0 Å². The number of nitrogens with one attached hydrogen (secondary N) is 1. The molecule has 0 amide bonds. The Bertz CT molecular complexity index is 405. The van der Waals surface area contributed by atoms with Crippen LogP contribution >= 0.6 is 0 Å². The lowest BCUT2D eigenvalue weighted by molar-refractivity contribution is -0.908. The zero-order chi connectivity index (χ0) is 13.5. The van der Waals surface area contributed by atoms with Gasteiger partial charge in [0.1, 0.15) is 12.0 Å². The number of likely N-dealkylation sites (tertiary alicyclic amines) is 1. The number of ether oxygens (including phenoxy) is 1. The van der Waals surface area contributed by atoms with Crippen molar-refractivity contribution in [3.63, 3.8) is 0 Å². The van der Waals surface area contributed by atoms with Crippen LogP contribution in [0.25, 0.3) is 0 Å². The summed E-state index contributed by atoms with van der Waals surface area (Å²) in [6, 6.07) is 7.35. The molecular weight excluding hydrogens is 238 g/mol. The number of rotatable bonds is 6. The average Bonchev–Trinajstić information content (AvgIpc) is 2.44. The van der Waals surface area contributed by atoms with Crippen LogP contribution in [0.5, 0.6) is 5.75 Å². The zero-order valence-electron chi connectivity index (χ0n) is 11.7. The summed E-state index contributed by atoms with van der Waals surface area (Å²) < 4.78 is 5.69. The van der Waals surface area contributed by atoms with Crippen LogP contribution in [0.2, 0.25) is 0 Å². The van der Waals surface area contributed by atoms with Gasteiger partial charge in [0.05, 0.1) is 26.2 Å². The molecule has 1 unspecified atom stereocenters. The fourth-order valence-electron chi connectivity index (χ4n) is 2.81. The molecule has 0 saturated carbocycles. The van der Waals surface area contributed by atoms with Gasteiger partial charge in [-0.2, -0.15) is 0 Å². The Kier molecular flexibility index (Phi) is 5.40. The van der Waals surface area contributed by atoms with Crippen molar-refractivity contribution in [2.45, 2.75) is 26.2 Å². The molecule has 1 aliphatic rings. The van der Waals surface area contributed by atoms with Crippen molar-refractivity contribution in [2.75, 3.05) is 26.2 Å². The van der Waals surface area contributed by atoms with Crippen molar-refractivity contribution in [2.24, 2.45) is 5.92 Å². The maximum absolute atomic E-state index is 10.7. The molecule has 1 saturated heterocycles. The van der Waals surface area contributed by atoms with Crippen molar-refractivity contribution < 1.29 is 14.4 Å². The minimum Gasteiger partial charge on any atom is -0.493 e. The molecule has 1 heterocycles. The van der Waals surface area contributed by atoms with Gasteiger partial charge in [-0.05, 0) is 25.0 Å². The molecule has 19 heavy (non-hydrogen) atoms. The van der Waals surface area contributed by atoms with Crippen LogP contribution in [0, 0.1) is 5.92 Å². The highest BCUT2D eigenvalue weighted by Crippen LogP contribution is 2.12. The normalized spacial score (nSPS) is 23.0. The molecule has 1 fully saturated rings. The van der Waals surface area contributed by atoms with Gasteiger partial charge in [0.25, 0.3) is 0 Å². The lowest BCUT2D eigenvalue weighted by Crippen LogP contribution is -3.13. The highest BCUT2D eigenvalue weighted by atomic mass is 16.5. The summed E-state index contributed by atoms with van der Waals surface area (Å²) in [5, 5.41) is 0. The molecule has 1 N–H and O–H groups in total. The first-order valence-corrected chi connectivity index (χ1v) is 7.29. The lowest BCUT2D eigenvalue weighted by Gasteiger charge is -2.27. The van der Waals surface area contributed by atoms with E-state index in [4.69, 9.17) is 4.74 Å². The van der Waals surface area contributed by atoms with Crippen LogP contribution in [0.15, 0.2) is 24.3 Å². The van der Waals surface area contributed by atoms with E-state index in [0.29, 0.717) is 5.56 Å². The van der Waals surface area contributed by atoms with E-state index in [1.807, 2.05) is 12.1 Å². The van der Waals surface area contributed by atoms with Gasteiger partial charge in [-0.1, -0.05) is 19.1 Å². The van der Waals surface area contributed by atoms with E-state index in [1.54, 1.807) is 17.0 Å². The molecule has 0 radical (unpaired) electrons. The Labute approximate surface area is 115 Å². The van der Waals surface area contributed by atoms with Crippen LogP contribution in [-0.4, -0.2) is 32.5 Å². The summed E-state index contributed by atoms with van der Waals surface area (Å²) in [4.78, 5) is 12.4. The summed E-state index contributed by atoms with van der Waals surface area (Å²) in [5.74, 6) is 1.67. The van der Waals surface area contributed by atoms with E-state index < -0.39 is 0 Å². The topological polar surface area (TPSA) is 30.7 Å². The van der Waals surface area contributed by atoms with Crippen molar-refractivity contribution in [3.05, 3.63) is 29.8 Å². The summed E-state index contributed by atoms with van der Waals surface area (Å²) in [7, 11) is 0. The lowest BCUT2D eigenvalue weighted by atomic mass is 10.0. The first-order valence-electron chi connectivity index (χ1n) is 7.29. The van der Waals surface area contributed by atoms with Gasteiger partial charge < -0.3 is 9.64 Å². The fourth-order valence-corrected chi connectivity index (χ4v) is 2.81. The highest BCUT2D eigenvalue weighted by Gasteiger charge is 2.18. The smallest absolute Gasteiger partial charge is 0.150 e. The number of quaternary nitrogens is 1. The van der Waals surface area contributed by atoms with E-state index in [9.17, 15) is 4.79 Å². The summed E-state index contributed by atoms with van der Waals surface area (Å²) in [6.07, 6.45) is 4.68.